The Morgan fingerprint density at radius 2 is 2.00 bits per heavy atom. The van der Waals surface area contributed by atoms with Gasteiger partial charge < -0.3 is 30.2 Å². The van der Waals surface area contributed by atoms with E-state index in [0.29, 0.717) is 24.8 Å². The Hall–Kier alpha value is -2.22. The third-order valence-corrected chi connectivity index (χ3v) is 4.08. The second-order valence-electron chi connectivity index (χ2n) is 8.31. The summed E-state index contributed by atoms with van der Waals surface area (Å²) in [4.78, 5) is 16.5. The number of aliphatic imine (C=N–C) groups is 1. The van der Waals surface area contributed by atoms with Gasteiger partial charge >= 0.3 is 6.09 Å². The zero-order valence-electron chi connectivity index (χ0n) is 18.7. The quantitative estimate of drug-likeness (QED) is 0.349. The first-order valence-corrected chi connectivity index (χ1v) is 10.4. The second-order valence-corrected chi connectivity index (χ2v) is 8.31. The van der Waals surface area contributed by atoms with Gasteiger partial charge in [0.25, 0.3) is 0 Å². The van der Waals surface area contributed by atoms with E-state index in [2.05, 4.69) is 27.9 Å². The van der Waals surface area contributed by atoms with Crippen LogP contribution in [0.25, 0.3) is 0 Å². The molecule has 0 aromatic carbocycles. The number of hydrogen-bond acceptors (Lipinski definition) is 5. The third kappa shape index (κ3) is 10.2. The summed E-state index contributed by atoms with van der Waals surface area (Å²) in [6, 6.07) is 3.44. The average Bonchev–Trinajstić information content (AvgIpc) is 3.16. The van der Waals surface area contributed by atoms with Crippen LogP contribution < -0.4 is 16.0 Å². The lowest BCUT2D eigenvalue weighted by Gasteiger charge is -2.25. The number of aliphatic hydroxyl groups is 1. The standard InChI is InChI=1S/C21H38N4O4/c1-7-9-11-16(14-23-19(26)29-20(3,4)5)25-18(22-8-2)24-15-21(6,27)17-12-10-13-28-17/h10,12-13,16,27H,7-9,11,14-15H2,1-6H3,(H,23,26)(H2,22,24,25). The van der Waals surface area contributed by atoms with E-state index in [0.717, 1.165) is 19.3 Å². The van der Waals surface area contributed by atoms with Gasteiger partial charge in [-0.2, -0.15) is 0 Å². The van der Waals surface area contributed by atoms with Crippen molar-refractivity contribution in [3.8, 4) is 0 Å². The molecule has 8 nitrogen and oxygen atoms in total. The molecular formula is C21H38N4O4. The van der Waals surface area contributed by atoms with Crippen molar-refractivity contribution in [1.82, 2.24) is 16.0 Å². The Kier molecular flexibility index (Phi) is 10.0. The van der Waals surface area contributed by atoms with Crippen LogP contribution in [0.2, 0.25) is 0 Å². The lowest BCUT2D eigenvalue weighted by atomic mass is 10.0. The molecule has 0 aliphatic carbocycles. The number of furan rings is 1. The Morgan fingerprint density at radius 1 is 1.28 bits per heavy atom. The number of nitrogens with one attached hydrogen (secondary N) is 3. The number of rotatable bonds is 10. The van der Waals surface area contributed by atoms with Gasteiger partial charge in [0.2, 0.25) is 0 Å². The summed E-state index contributed by atoms with van der Waals surface area (Å²) in [5, 5.41) is 20.0. The minimum absolute atomic E-state index is 0.0196. The van der Waals surface area contributed by atoms with E-state index in [1.54, 1.807) is 19.1 Å². The van der Waals surface area contributed by atoms with Crippen LogP contribution in [0.3, 0.4) is 0 Å². The maximum atomic E-state index is 12.0. The largest absolute Gasteiger partial charge is 0.466 e. The molecule has 2 unspecified atom stereocenters. The van der Waals surface area contributed by atoms with Gasteiger partial charge in [0.1, 0.15) is 17.0 Å². The fourth-order valence-electron chi connectivity index (χ4n) is 2.61. The molecule has 1 aromatic rings. The molecule has 0 saturated carbocycles. The summed E-state index contributed by atoms with van der Waals surface area (Å²) in [7, 11) is 0. The molecule has 0 fully saturated rings. The fourth-order valence-corrected chi connectivity index (χ4v) is 2.61. The predicted molar refractivity (Wildman–Crippen MR) is 115 cm³/mol. The van der Waals surface area contributed by atoms with E-state index >= 15 is 0 Å². The summed E-state index contributed by atoms with van der Waals surface area (Å²) in [5.74, 6) is 1.04. The third-order valence-electron chi connectivity index (χ3n) is 4.08. The topological polar surface area (TPSA) is 108 Å². The van der Waals surface area contributed by atoms with Gasteiger partial charge in [0.15, 0.2) is 5.96 Å². The van der Waals surface area contributed by atoms with Gasteiger partial charge in [-0.15, -0.1) is 0 Å². The summed E-state index contributed by atoms with van der Waals surface area (Å²) >= 11 is 0. The normalized spacial score (nSPS) is 15.3. The fraction of sp³-hybridized carbons (Fsp3) is 0.714. The highest BCUT2D eigenvalue weighted by Gasteiger charge is 2.26. The van der Waals surface area contributed by atoms with E-state index < -0.39 is 17.3 Å². The molecule has 1 heterocycles. The first-order chi connectivity index (χ1) is 13.6. The summed E-state index contributed by atoms with van der Waals surface area (Å²) < 4.78 is 10.6. The van der Waals surface area contributed by atoms with Gasteiger partial charge in [-0.1, -0.05) is 19.8 Å². The molecule has 0 aliphatic heterocycles. The van der Waals surface area contributed by atoms with Gasteiger partial charge in [-0.3, -0.25) is 0 Å². The number of carbonyl (C=O) groups excluding carboxylic acids is 1. The van der Waals surface area contributed by atoms with Crippen molar-refractivity contribution in [2.75, 3.05) is 19.6 Å². The number of unbranched alkanes of at least 4 members (excludes halogenated alkanes) is 1. The monoisotopic (exact) mass is 410 g/mol. The van der Waals surface area contributed by atoms with Crippen molar-refractivity contribution in [3.63, 3.8) is 0 Å². The molecule has 2 atom stereocenters. The molecule has 1 amide bonds. The highest BCUT2D eigenvalue weighted by atomic mass is 16.6. The maximum Gasteiger partial charge on any atom is 0.407 e. The molecule has 4 N–H and O–H groups in total. The van der Waals surface area contributed by atoms with Gasteiger partial charge in [0, 0.05) is 19.1 Å². The van der Waals surface area contributed by atoms with Crippen molar-refractivity contribution < 1.29 is 19.1 Å². The minimum atomic E-state index is -1.21. The number of guanidine groups is 1. The molecule has 0 bridgehead atoms. The zero-order valence-corrected chi connectivity index (χ0v) is 18.7. The molecule has 8 heteroatoms. The molecule has 1 rings (SSSR count). The van der Waals surface area contributed by atoms with Gasteiger partial charge in [-0.25, -0.2) is 9.79 Å². The van der Waals surface area contributed by atoms with Crippen LogP contribution in [0.1, 0.15) is 66.6 Å². The molecular weight excluding hydrogens is 372 g/mol. The Bertz CT molecular complexity index is 621. The number of amides is 1. The highest BCUT2D eigenvalue weighted by Crippen LogP contribution is 2.21. The maximum absolute atomic E-state index is 12.0. The Morgan fingerprint density at radius 3 is 2.55 bits per heavy atom. The van der Waals surface area contributed by atoms with Crippen LogP contribution in [0.4, 0.5) is 4.79 Å². The van der Waals surface area contributed by atoms with Crippen molar-refractivity contribution in [2.45, 2.75) is 78.0 Å². The molecule has 1 aromatic heterocycles. The molecule has 0 saturated heterocycles. The van der Waals surface area contributed by atoms with Crippen molar-refractivity contribution >= 4 is 12.1 Å². The van der Waals surface area contributed by atoms with E-state index in [4.69, 9.17) is 9.15 Å². The number of alkyl carbamates (subject to hydrolysis) is 1. The zero-order chi connectivity index (χ0) is 21.9. The molecule has 166 valence electrons. The van der Waals surface area contributed by atoms with Gasteiger partial charge in [-0.05, 0) is 53.2 Å². The average molecular weight is 411 g/mol. The SMILES string of the molecule is CCCCC(CNC(=O)OC(C)(C)C)NC(=NCC(C)(O)c1ccco1)NCC. The summed E-state index contributed by atoms with van der Waals surface area (Å²) in [6.07, 6.45) is 4.01. The van der Waals surface area contributed by atoms with E-state index in [-0.39, 0.29) is 12.6 Å². The first-order valence-electron chi connectivity index (χ1n) is 10.4. The number of ether oxygens (including phenoxy) is 1. The number of nitrogens with zero attached hydrogens (tertiary/aromatic N) is 1. The summed E-state index contributed by atoms with van der Waals surface area (Å²) in [5.41, 5.74) is -1.75. The van der Waals surface area contributed by atoms with Crippen molar-refractivity contribution in [2.24, 2.45) is 4.99 Å². The van der Waals surface area contributed by atoms with Crippen LogP contribution >= 0.6 is 0 Å². The van der Waals surface area contributed by atoms with E-state index in [9.17, 15) is 9.90 Å². The summed E-state index contributed by atoms with van der Waals surface area (Å²) in [6.45, 7) is 12.5. The van der Waals surface area contributed by atoms with Gasteiger partial charge in [0.05, 0.1) is 12.8 Å². The van der Waals surface area contributed by atoms with Crippen LogP contribution in [0.15, 0.2) is 27.8 Å². The van der Waals surface area contributed by atoms with Crippen molar-refractivity contribution in [1.29, 1.82) is 0 Å². The Balaban J connectivity index is 2.75. The van der Waals surface area contributed by atoms with Crippen LogP contribution in [0.5, 0.6) is 0 Å². The van der Waals surface area contributed by atoms with E-state index in [1.807, 2.05) is 27.7 Å². The lowest BCUT2D eigenvalue weighted by Crippen LogP contribution is -2.49. The smallest absolute Gasteiger partial charge is 0.407 e. The lowest BCUT2D eigenvalue weighted by molar-refractivity contribution is 0.0436. The highest BCUT2D eigenvalue weighted by molar-refractivity contribution is 5.80. The van der Waals surface area contributed by atoms with Crippen LogP contribution in [-0.2, 0) is 10.3 Å². The van der Waals surface area contributed by atoms with Crippen molar-refractivity contribution in [3.05, 3.63) is 24.2 Å². The number of hydrogen-bond donors (Lipinski definition) is 4. The second kappa shape index (κ2) is 11.7. The Labute approximate surface area is 174 Å². The molecule has 29 heavy (non-hydrogen) atoms. The van der Waals surface area contributed by atoms with Crippen LogP contribution in [0, 0.1) is 0 Å². The number of carbonyl (C=O) groups is 1. The van der Waals surface area contributed by atoms with E-state index in [1.165, 1.54) is 6.26 Å². The predicted octanol–water partition coefficient (Wildman–Crippen LogP) is 3.13. The first kappa shape index (κ1) is 24.8. The molecule has 0 spiro atoms. The molecule has 0 radical (unpaired) electrons. The van der Waals surface area contributed by atoms with Crippen LogP contribution in [-0.4, -0.2) is 48.4 Å². The molecule has 0 aliphatic rings. The minimum Gasteiger partial charge on any atom is -0.466 e.